The number of non-ortho nitro benzene ring substituents is 1. The van der Waals surface area contributed by atoms with Gasteiger partial charge in [0.25, 0.3) is 5.69 Å². The van der Waals surface area contributed by atoms with Gasteiger partial charge in [0, 0.05) is 12.1 Å². The molecule has 2 N–H and O–H groups in total. The maximum atomic E-state index is 11.2. The smallest absolute Gasteiger partial charge is 0.307 e. The van der Waals surface area contributed by atoms with Gasteiger partial charge in [0.1, 0.15) is 0 Å². The van der Waals surface area contributed by atoms with Gasteiger partial charge in [-0.05, 0) is 30.7 Å². The molecular weight excluding hydrogens is 278 g/mol. The molecule has 112 valence electrons. The predicted octanol–water partition coefficient (Wildman–Crippen LogP) is 2.26. The summed E-state index contributed by atoms with van der Waals surface area (Å²) in [4.78, 5) is 32.4. The van der Waals surface area contributed by atoms with E-state index in [1.807, 2.05) is 0 Å². The van der Waals surface area contributed by atoms with Crippen molar-refractivity contribution in [3.05, 3.63) is 39.9 Å². The highest BCUT2D eigenvalue weighted by atomic mass is 16.6. The summed E-state index contributed by atoms with van der Waals surface area (Å²) in [6.45, 7) is 0. The Balaban J connectivity index is 2.17. The molecule has 3 atom stereocenters. The molecule has 0 spiro atoms. The highest BCUT2D eigenvalue weighted by Gasteiger charge is 2.39. The Hall–Kier alpha value is -2.44. The van der Waals surface area contributed by atoms with E-state index in [0.29, 0.717) is 12.8 Å². The summed E-state index contributed by atoms with van der Waals surface area (Å²) in [7, 11) is 0. The van der Waals surface area contributed by atoms with Crippen molar-refractivity contribution >= 4 is 17.6 Å². The average molecular weight is 293 g/mol. The molecule has 1 aromatic carbocycles. The largest absolute Gasteiger partial charge is 0.481 e. The van der Waals surface area contributed by atoms with Gasteiger partial charge in [-0.1, -0.05) is 12.1 Å². The van der Waals surface area contributed by atoms with Crippen LogP contribution in [-0.2, 0) is 9.59 Å². The second-order valence-electron chi connectivity index (χ2n) is 5.25. The minimum absolute atomic E-state index is 0.0206. The molecule has 0 bridgehead atoms. The lowest BCUT2D eigenvalue weighted by molar-refractivity contribution is -0.384. The number of carboxylic acids is 2. The van der Waals surface area contributed by atoms with Gasteiger partial charge >= 0.3 is 11.9 Å². The average Bonchev–Trinajstić information content (AvgIpc) is 2.46. The summed E-state index contributed by atoms with van der Waals surface area (Å²) in [6.07, 6.45) is 1.11. The highest BCUT2D eigenvalue weighted by molar-refractivity contribution is 5.80. The van der Waals surface area contributed by atoms with Gasteiger partial charge in [-0.25, -0.2) is 0 Å². The molecule has 0 aliphatic heterocycles. The predicted molar refractivity (Wildman–Crippen MR) is 71.9 cm³/mol. The Labute approximate surface area is 120 Å². The molecule has 21 heavy (non-hydrogen) atoms. The van der Waals surface area contributed by atoms with Crippen LogP contribution in [0.25, 0.3) is 0 Å². The molecule has 1 saturated carbocycles. The van der Waals surface area contributed by atoms with Crippen LogP contribution in [0.3, 0.4) is 0 Å². The zero-order valence-electron chi connectivity index (χ0n) is 11.1. The van der Waals surface area contributed by atoms with E-state index in [1.54, 1.807) is 12.1 Å². The quantitative estimate of drug-likeness (QED) is 0.649. The van der Waals surface area contributed by atoms with E-state index in [-0.39, 0.29) is 18.0 Å². The molecule has 1 fully saturated rings. The van der Waals surface area contributed by atoms with E-state index < -0.39 is 28.7 Å². The van der Waals surface area contributed by atoms with Gasteiger partial charge in [-0.3, -0.25) is 19.7 Å². The number of hydrogen-bond donors (Lipinski definition) is 2. The van der Waals surface area contributed by atoms with Crippen LogP contribution in [0.5, 0.6) is 0 Å². The Morgan fingerprint density at radius 2 is 1.62 bits per heavy atom. The third-order valence-electron chi connectivity index (χ3n) is 4.06. The van der Waals surface area contributed by atoms with E-state index in [9.17, 15) is 24.8 Å². The van der Waals surface area contributed by atoms with Crippen LogP contribution in [0.2, 0.25) is 0 Å². The standard InChI is InChI=1S/C14H15NO6/c16-13(17)11-6-3-9(7-12(11)14(18)19)8-1-4-10(5-2-8)15(20)21/h1-2,4-5,9,11-12H,3,6-7H2,(H,16,17)(H,18,19)/t9-,11-,12-/m1/s1. The van der Waals surface area contributed by atoms with E-state index in [4.69, 9.17) is 5.11 Å². The van der Waals surface area contributed by atoms with E-state index in [1.165, 1.54) is 12.1 Å². The maximum absolute atomic E-state index is 11.2. The van der Waals surface area contributed by atoms with Crippen LogP contribution in [-0.4, -0.2) is 27.1 Å². The van der Waals surface area contributed by atoms with Gasteiger partial charge in [-0.2, -0.15) is 0 Å². The number of nitro groups is 1. The van der Waals surface area contributed by atoms with Gasteiger partial charge in [0.15, 0.2) is 0 Å². The molecule has 1 aliphatic carbocycles. The molecule has 7 heteroatoms. The van der Waals surface area contributed by atoms with Crippen LogP contribution in [0.1, 0.15) is 30.7 Å². The number of nitrogens with zero attached hydrogens (tertiary/aromatic N) is 1. The van der Waals surface area contributed by atoms with E-state index >= 15 is 0 Å². The molecule has 2 rings (SSSR count). The van der Waals surface area contributed by atoms with Gasteiger partial charge < -0.3 is 10.2 Å². The van der Waals surface area contributed by atoms with Crippen LogP contribution >= 0.6 is 0 Å². The van der Waals surface area contributed by atoms with Crippen molar-refractivity contribution in [3.63, 3.8) is 0 Å². The van der Waals surface area contributed by atoms with Crippen molar-refractivity contribution in [1.82, 2.24) is 0 Å². The van der Waals surface area contributed by atoms with Crippen molar-refractivity contribution < 1.29 is 24.7 Å². The topological polar surface area (TPSA) is 118 Å². The minimum atomic E-state index is -1.10. The summed E-state index contributed by atoms with van der Waals surface area (Å²) >= 11 is 0. The van der Waals surface area contributed by atoms with E-state index in [0.717, 1.165) is 5.56 Å². The van der Waals surface area contributed by atoms with Crippen LogP contribution in [0.15, 0.2) is 24.3 Å². The summed E-state index contributed by atoms with van der Waals surface area (Å²) < 4.78 is 0. The second kappa shape index (κ2) is 5.90. The zero-order valence-corrected chi connectivity index (χ0v) is 11.1. The number of hydrogen-bond acceptors (Lipinski definition) is 4. The molecule has 0 amide bonds. The first-order valence-electron chi connectivity index (χ1n) is 6.60. The fourth-order valence-corrected chi connectivity index (χ4v) is 2.91. The number of carboxylic acid groups (broad SMARTS) is 2. The number of benzene rings is 1. The Bertz CT molecular complexity index is 567. The fourth-order valence-electron chi connectivity index (χ4n) is 2.91. The molecule has 0 aromatic heterocycles. The molecule has 1 aliphatic rings. The Morgan fingerprint density at radius 3 is 2.10 bits per heavy atom. The molecule has 1 aromatic rings. The SMILES string of the molecule is O=C(O)[C@@H]1CC[C@@H](c2ccc([N+](=O)[O-])cc2)C[C@H]1C(=O)O. The number of nitro benzene ring substituents is 1. The van der Waals surface area contributed by atoms with Crippen LogP contribution in [0, 0.1) is 22.0 Å². The highest BCUT2D eigenvalue weighted by Crippen LogP contribution is 2.40. The Morgan fingerprint density at radius 1 is 1.05 bits per heavy atom. The summed E-state index contributed by atoms with van der Waals surface area (Å²) in [5.74, 6) is -4.05. The van der Waals surface area contributed by atoms with Crippen molar-refractivity contribution in [2.24, 2.45) is 11.8 Å². The summed E-state index contributed by atoms with van der Waals surface area (Å²) in [5, 5.41) is 28.9. The van der Waals surface area contributed by atoms with Crippen LogP contribution < -0.4 is 0 Å². The molecule has 0 saturated heterocycles. The maximum Gasteiger partial charge on any atom is 0.307 e. The molecule has 0 radical (unpaired) electrons. The van der Waals surface area contributed by atoms with E-state index in [2.05, 4.69) is 0 Å². The number of rotatable bonds is 4. The lowest BCUT2D eigenvalue weighted by Gasteiger charge is -2.31. The van der Waals surface area contributed by atoms with Crippen LogP contribution in [0.4, 0.5) is 5.69 Å². The first-order chi connectivity index (χ1) is 9.90. The third-order valence-corrected chi connectivity index (χ3v) is 4.06. The third kappa shape index (κ3) is 3.18. The monoisotopic (exact) mass is 293 g/mol. The molecule has 7 nitrogen and oxygen atoms in total. The molecular formula is C14H15NO6. The number of carbonyl (C=O) groups is 2. The normalized spacial score (nSPS) is 25.2. The summed E-state index contributed by atoms with van der Waals surface area (Å²) in [5.41, 5.74) is 0.795. The van der Waals surface area contributed by atoms with Crippen molar-refractivity contribution in [2.75, 3.05) is 0 Å². The zero-order chi connectivity index (χ0) is 15.6. The van der Waals surface area contributed by atoms with Gasteiger partial charge in [0.2, 0.25) is 0 Å². The summed E-state index contributed by atoms with van der Waals surface area (Å²) in [6, 6.07) is 5.99. The first kappa shape index (κ1) is 15.0. The molecule has 0 heterocycles. The molecule has 0 unspecified atom stereocenters. The number of aliphatic carboxylic acids is 2. The van der Waals surface area contributed by atoms with Crippen molar-refractivity contribution in [1.29, 1.82) is 0 Å². The van der Waals surface area contributed by atoms with Gasteiger partial charge in [0.05, 0.1) is 16.8 Å². The lowest BCUT2D eigenvalue weighted by Crippen LogP contribution is -2.35. The lowest BCUT2D eigenvalue weighted by atomic mass is 9.72. The first-order valence-corrected chi connectivity index (χ1v) is 6.60. The Kier molecular flexibility index (Phi) is 4.21. The van der Waals surface area contributed by atoms with Crippen molar-refractivity contribution in [2.45, 2.75) is 25.2 Å². The van der Waals surface area contributed by atoms with Crippen molar-refractivity contribution in [3.8, 4) is 0 Å². The minimum Gasteiger partial charge on any atom is -0.481 e. The fraction of sp³-hybridized carbons (Fsp3) is 0.429. The van der Waals surface area contributed by atoms with Gasteiger partial charge in [-0.15, -0.1) is 0 Å². The second-order valence-corrected chi connectivity index (χ2v) is 5.25.